The molecule has 116 valence electrons. The van der Waals surface area contributed by atoms with Crippen molar-refractivity contribution in [3.05, 3.63) is 23.8 Å². The van der Waals surface area contributed by atoms with E-state index in [1.807, 2.05) is 24.8 Å². The Hall–Kier alpha value is -1.16. The molecule has 1 saturated carbocycles. The maximum atomic E-state index is 12.0. The van der Waals surface area contributed by atoms with Gasteiger partial charge in [0.2, 0.25) is 0 Å². The number of amides is 2. The van der Waals surface area contributed by atoms with Gasteiger partial charge < -0.3 is 10.6 Å². The summed E-state index contributed by atoms with van der Waals surface area (Å²) in [5, 5.41) is 6.02. The van der Waals surface area contributed by atoms with Gasteiger partial charge in [0.1, 0.15) is 0 Å². The molecule has 1 fully saturated rings. The summed E-state index contributed by atoms with van der Waals surface area (Å²) in [5.41, 5.74) is 1.99. The van der Waals surface area contributed by atoms with Crippen molar-refractivity contribution < 1.29 is 4.79 Å². The molecule has 0 heterocycles. The Balaban J connectivity index is 1.95. The summed E-state index contributed by atoms with van der Waals surface area (Å²) in [5.74, 6) is 0. The summed E-state index contributed by atoms with van der Waals surface area (Å²) in [6.45, 7) is 8.65. The predicted octanol–water partition coefficient (Wildman–Crippen LogP) is 4.95. The molecule has 0 aliphatic heterocycles. The number of hydrogen-bond acceptors (Lipinski definition) is 2. The van der Waals surface area contributed by atoms with E-state index in [0.717, 1.165) is 24.1 Å². The van der Waals surface area contributed by atoms with E-state index in [9.17, 15) is 4.79 Å². The SMILES string of the molecule is Cc1cc(SC(C)(C)C)ccc1NC(=O)NC1CCCC1. The van der Waals surface area contributed by atoms with E-state index >= 15 is 0 Å². The van der Waals surface area contributed by atoms with Gasteiger partial charge in [-0.05, 0) is 43.5 Å². The first-order valence-electron chi connectivity index (χ1n) is 7.71. The molecule has 0 saturated heterocycles. The highest BCUT2D eigenvalue weighted by molar-refractivity contribution is 8.00. The van der Waals surface area contributed by atoms with Gasteiger partial charge in [0.25, 0.3) is 0 Å². The van der Waals surface area contributed by atoms with Crippen LogP contribution in [0.25, 0.3) is 0 Å². The highest BCUT2D eigenvalue weighted by Crippen LogP contribution is 2.33. The summed E-state index contributed by atoms with van der Waals surface area (Å²) in [6.07, 6.45) is 4.66. The number of urea groups is 1. The van der Waals surface area contributed by atoms with Gasteiger partial charge in [-0.3, -0.25) is 0 Å². The minimum atomic E-state index is -0.0822. The van der Waals surface area contributed by atoms with Gasteiger partial charge in [-0.15, -0.1) is 11.8 Å². The number of rotatable bonds is 3. The third kappa shape index (κ3) is 5.27. The van der Waals surface area contributed by atoms with Crippen LogP contribution in [0, 0.1) is 6.92 Å². The zero-order valence-electron chi connectivity index (χ0n) is 13.5. The van der Waals surface area contributed by atoms with Crippen molar-refractivity contribution in [1.29, 1.82) is 0 Å². The largest absolute Gasteiger partial charge is 0.335 e. The Kier molecular flexibility index (Phi) is 5.20. The Morgan fingerprint density at radius 3 is 2.48 bits per heavy atom. The minimum Gasteiger partial charge on any atom is -0.335 e. The second-order valence-electron chi connectivity index (χ2n) is 6.77. The molecule has 2 amide bonds. The Bertz CT molecular complexity index is 502. The van der Waals surface area contributed by atoms with Crippen LogP contribution in [0.5, 0.6) is 0 Å². The molecule has 4 heteroatoms. The number of carbonyl (C=O) groups excluding carboxylic acids is 1. The number of benzene rings is 1. The lowest BCUT2D eigenvalue weighted by Gasteiger charge is -2.19. The molecule has 0 bridgehead atoms. The molecule has 2 N–H and O–H groups in total. The average molecular weight is 306 g/mol. The highest BCUT2D eigenvalue weighted by atomic mass is 32.2. The zero-order chi connectivity index (χ0) is 15.5. The molecule has 0 spiro atoms. The van der Waals surface area contributed by atoms with Gasteiger partial charge in [-0.25, -0.2) is 4.79 Å². The van der Waals surface area contributed by atoms with Crippen LogP contribution in [0.1, 0.15) is 52.0 Å². The van der Waals surface area contributed by atoms with Crippen molar-refractivity contribution in [1.82, 2.24) is 5.32 Å². The van der Waals surface area contributed by atoms with E-state index in [4.69, 9.17) is 0 Å². The van der Waals surface area contributed by atoms with E-state index in [0.29, 0.717) is 6.04 Å². The summed E-state index contributed by atoms with van der Waals surface area (Å²) in [4.78, 5) is 13.2. The molecule has 1 aromatic carbocycles. The zero-order valence-corrected chi connectivity index (χ0v) is 14.3. The van der Waals surface area contributed by atoms with Crippen LogP contribution in [-0.4, -0.2) is 16.8 Å². The normalized spacial score (nSPS) is 16.0. The Morgan fingerprint density at radius 1 is 1.24 bits per heavy atom. The van der Waals surface area contributed by atoms with Crippen LogP contribution in [0.4, 0.5) is 10.5 Å². The first-order valence-corrected chi connectivity index (χ1v) is 8.52. The van der Waals surface area contributed by atoms with Gasteiger partial charge in [-0.1, -0.05) is 33.6 Å². The Labute approximate surface area is 132 Å². The van der Waals surface area contributed by atoms with E-state index in [-0.39, 0.29) is 10.8 Å². The number of nitrogens with one attached hydrogen (secondary N) is 2. The molecule has 0 atom stereocenters. The maximum Gasteiger partial charge on any atom is 0.319 e. The molecule has 2 rings (SSSR count). The van der Waals surface area contributed by atoms with Gasteiger partial charge in [0, 0.05) is 21.4 Å². The van der Waals surface area contributed by atoms with Crippen LogP contribution in [0.3, 0.4) is 0 Å². The lowest BCUT2D eigenvalue weighted by molar-refractivity contribution is 0.248. The third-order valence-electron chi connectivity index (χ3n) is 3.56. The van der Waals surface area contributed by atoms with Crippen LogP contribution >= 0.6 is 11.8 Å². The van der Waals surface area contributed by atoms with Crippen LogP contribution in [0.15, 0.2) is 23.1 Å². The van der Waals surface area contributed by atoms with Crippen molar-refractivity contribution in [2.24, 2.45) is 0 Å². The molecule has 1 aliphatic rings. The minimum absolute atomic E-state index is 0.0822. The second-order valence-corrected chi connectivity index (χ2v) is 8.67. The van der Waals surface area contributed by atoms with E-state index in [1.165, 1.54) is 17.7 Å². The fourth-order valence-corrected chi connectivity index (χ4v) is 3.69. The van der Waals surface area contributed by atoms with Crippen molar-refractivity contribution in [3.63, 3.8) is 0 Å². The van der Waals surface area contributed by atoms with Gasteiger partial charge >= 0.3 is 6.03 Å². The van der Waals surface area contributed by atoms with Crippen molar-refractivity contribution in [2.45, 2.75) is 69.1 Å². The lowest BCUT2D eigenvalue weighted by atomic mass is 10.2. The lowest BCUT2D eigenvalue weighted by Crippen LogP contribution is -2.36. The summed E-state index contributed by atoms with van der Waals surface area (Å²) >= 11 is 1.84. The molecule has 0 aromatic heterocycles. The second kappa shape index (κ2) is 6.73. The molecule has 0 unspecified atom stereocenters. The van der Waals surface area contributed by atoms with E-state index < -0.39 is 0 Å². The molecule has 3 nitrogen and oxygen atoms in total. The number of hydrogen-bond donors (Lipinski definition) is 2. The molecule has 21 heavy (non-hydrogen) atoms. The summed E-state index contributed by atoms with van der Waals surface area (Å²) in [7, 11) is 0. The monoisotopic (exact) mass is 306 g/mol. The number of thioether (sulfide) groups is 1. The molecular formula is C17H26N2OS. The van der Waals surface area contributed by atoms with Crippen LogP contribution < -0.4 is 10.6 Å². The van der Waals surface area contributed by atoms with Crippen molar-refractivity contribution >= 4 is 23.5 Å². The number of anilines is 1. The standard InChI is InChI=1S/C17H26N2OS/c1-12-11-14(21-17(2,3)4)9-10-15(12)19-16(20)18-13-7-5-6-8-13/h9-11,13H,5-8H2,1-4H3,(H2,18,19,20). The van der Waals surface area contributed by atoms with Crippen molar-refractivity contribution in [2.75, 3.05) is 5.32 Å². The first-order chi connectivity index (χ1) is 9.83. The molecule has 0 radical (unpaired) electrons. The summed E-state index contributed by atoms with van der Waals surface area (Å²) in [6, 6.07) is 6.48. The maximum absolute atomic E-state index is 12.0. The fourth-order valence-electron chi connectivity index (χ4n) is 2.61. The van der Waals surface area contributed by atoms with Crippen LogP contribution in [0.2, 0.25) is 0 Å². The van der Waals surface area contributed by atoms with E-state index in [1.54, 1.807) is 0 Å². The highest BCUT2D eigenvalue weighted by Gasteiger charge is 2.17. The van der Waals surface area contributed by atoms with Gasteiger partial charge in [-0.2, -0.15) is 0 Å². The van der Waals surface area contributed by atoms with E-state index in [2.05, 4.69) is 43.5 Å². The smallest absolute Gasteiger partial charge is 0.319 e. The Morgan fingerprint density at radius 2 is 1.90 bits per heavy atom. The van der Waals surface area contributed by atoms with Crippen LogP contribution in [-0.2, 0) is 0 Å². The number of aryl methyl sites for hydroxylation is 1. The predicted molar refractivity (Wildman–Crippen MR) is 91.2 cm³/mol. The summed E-state index contributed by atoms with van der Waals surface area (Å²) < 4.78 is 0.196. The first kappa shape index (κ1) is 16.2. The third-order valence-corrected chi connectivity index (χ3v) is 4.66. The molecular weight excluding hydrogens is 280 g/mol. The fraction of sp³-hybridized carbons (Fsp3) is 0.588. The van der Waals surface area contributed by atoms with Gasteiger partial charge in [0.05, 0.1) is 0 Å². The van der Waals surface area contributed by atoms with Crippen molar-refractivity contribution in [3.8, 4) is 0 Å². The quantitative estimate of drug-likeness (QED) is 0.776. The number of carbonyl (C=O) groups is 1. The molecule has 1 aromatic rings. The molecule has 1 aliphatic carbocycles. The topological polar surface area (TPSA) is 41.1 Å². The van der Waals surface area contributed by atoms with Gasteiger partial charge in [0.15, 0.2) is 0 Å². The average Bonchev–Trinajstić information content (AvgIpc) is 2.83.